The first-order chi connectivity index (χ1) is 12.9. The summed E-state index contributed by atoms with van der Waals surface area (Å²) in [5, 5.41) is 3.32. The lowest BCUT2D eigenvalue weighted by atomic mass is 10.0. The van der Waals surface area contributed by atoms with Gasteiger partial charge in [0.1, 0.15) is 5.00 Å². The van der Waals surface area contributed by atoms with Crippen molar-refractivity contribution in [3.63, 3.8) is 0 Å². The summed E-state index contributed by atoms with van der Waals surface area (Å²) in [5.41, 5.74) is 1.76. The number of benzene rings is 1. The third-order valence-electron chi connectivity index (χ3n) is 4.32. The molecule has 1 aromatic heterocycles. The molecule has 0 fully saturated rings. The molecule has 0 bridgehead atoms. The summed E-state index contributed by atoms with van der Waals surface area (Å²) < 4.78 is 6.08. The minimum atomic E-state index is -0.447. The van der Waals surface area contributed by atoms with Crippen molar-refractivity contribution in [1.82, 2.24) is 4.90 Å². The molecule has 0 atom stereocenters. The highest BCUT2D eigenvalue weighted by atomic mass is 79.9. The van der Waals surface area contributed by atoms with Gasteiger partial charge in [0.25, 0.3) is 5.91 Å². The molecule has 2 amide bonds. The number of esters is 1. The molecule has 1 N–H and O–H groups in total. The first-order valence-corrected chi connectivity index (χ1v) is 10.2. The van der Waals surface area contributed by atoms with Gasteiger partial charge in [-0.3, -0.25) is 9.59 Å². The Morgan fingerprint density at radius 1 is 1.26 bits per heavy atom. The van der Waals surface area contributed by atoms with Gasteiger partial charge in [0.05, 0.1) is 18.7 Å². The Morgan fingerprint density at radius 2 is 1.96 bits per heavy atom. The fourth-order valence-corrected chi connectivity index (χ4v) is 4.47. The molecule has 1 aromatic carbocycles. The summed E-state index contributed by atoms with van der Waals surface area (Å²) in [4.78, 5) is 39.5. The summed E-state index contributed by atoms with van der Waals surface area (Å²) in [6.07, 6.45) is 0.563. The Morgan fingerprint density at radius 3 is 2.59 bits per heavy atom. The SMILES string of the molecule is CCOC(=O)c1c(NC(=O)c2ccc(Br)cc2)sc2c1CCN(C(C)=O)C2. The Balaban J connectivity index is 1.93. The van der Waals surface area contributed by atoms with Gasteiger partial charge >= 0.3 is 5.97 Å². The summed E-state index contributed by atoms with van der Waals surface area (Å²) >= 11 is 4.67. The quantitative estimate of drug-likeness (QED) is 0.717. The van der Waals surface area contributed by atoms with Crippen LogP contribution >= 0.6 is 27.3 Å². The second-order valence-electron chi connectivity index (χ2n) is 6.08. The number of ether oxygens (including phenoxy) is 1. The minimum Gasteiger partial charge on any atom is -0.462 e. The molecule has 0 unspecified atom stereocenters. The summed E-state index contributed by atoms with van der Waals surface area (Å²) in [7, 11) is 0. The van der Waals surface area contributed by atoms with Crippen molar-refractivity contribution in [2.75, 3.05) is 18.5 Å². The largest absolute Gasteiger partial charge is 0.462 e. The zero-order chi connectivity index (χ0) is 19.6. The van der Waals surface area contributed by atoms with Crippen LogP contribution in [-0.4, -0.2) is 35.8 Å². The Kier molecular flexibility index (Phi) is 5.96. The number of carbonyl (C=O) groups excluding carboxylic acids is 3. The highest BCUT2D eigenvalue weighted by molar-refractivity contribution is 9.10. The second kappa shape index (κ2) is 8.22. The standard InChI is InChI=1S/C19H19BrN2O4S/c1-3-26-19(25)16-14-8-9-22(11(2)23)10-15(14)27-18(16)21-17(24)12-4-6-13(20)7-5-12/h4-7H,3,8-10H2,1-2H3,(H,21,24). The molecule has 0 saturated carbocycles. The van der Waals surface area contributed by atoms with Crippen molar-refractivity contribution >= 4 is 50.1 Å². The molecule has 0 spiro atoms. The second-order valence-corrected chi connectivity index (χ2v) is 8.10. The van der Waals surface area contributed by atoms with Crippen LogP contribution in [0.3, 0.4) is 0 Å². The first-order valence-electron chi connectivity index (χ1n) is 8.54. The summed E-state index contributed by atoms with van der Waals surface area (Å²) in [5.74, 6) is -0.750. The molecule has 1 aliphatic rings. The molecule has 0 saturated heterocycles. The topological polar surface area (TPSA) is 75.7 Å². The average Bonchev–Trinajstić information content (AvgIpc) is 2.99. The maximum absolute atomic E-state index is 12.6. The fraction of sp³-hybridized carbons (Fsp3) is 0.316. The van der Waals surface area contributed by atoms with E-state index < -0.39 is 5.97 Å². The summed E-state index contributed by atoms with van der Waals surface area (Å²) in [6, 6.07) is 6.97. The highest BCUT2D eigenvalue weighted by Crippen LogP contribution is 2.38. The molecule has 8 heteroatoms. The zero-order valence-corrected chi connectivity index (χ0v) is 17.4. The number of hydrogen-bond acceptors (Lipinski definition) is 5. The predicted molar refractivity (Wildman–Crippen MR) is 107 cm³/mol. The minimum absolute atomic E-state index is 0.00724. The first kappa shape index (κ1) is 19.6. The van der Waals surface area contributed by atoms with Crippen molar-refractivity contribution in [1.29, 1.82) is 0 Å². The maximum Gasteiger partial charge on any atom is 0.341 e. The van der Waals surface area contributed by atoms with E-state index >= 15 is 0 Å². The number of rotatable bonds is 4. The molecule has 2 heterocycles. The third-order valence-corrected chi connectivity index (χ3v) is 5.98. The molecule has 27 heavy (non-hydrogen) atoms. The number of thiophene rings is 1. The Bertz CT molecular complexity index is 892. The number of hydrogen-bond donors (Lipinski definition) is 1. The van der Waals surface area contributed by atoms with E-state index in [1.54, 1.807) is 36.1 Å². The van der Waals surface area contributed by atoms with Gasteiger partial charge in [0.15, 0.2) is 0 Å². The van der Waals surface area contributed by atoms with Crippen LogP contribution in [-0.2, 0) is 22.5 Å². The molecular formula is C19H19BrN2O4S. The predicted octanol–water partition coefficient (Wildman–Crippen LogP) is 3.84. The molecular weight excluding hydrogens is 432 g/mol. The molecule has 0 aliphatic carbocycles. The van der Waals surface area contributed by atoms with Gasteiger partial charge in [-0.25, -0.2) is 4.79 Å². The van der Waals surface area contributed by atoms with Gasteiger partial charge in [-0.2, -0.15) is 0 Å². The van der Waals surface area contributed by atoms with Crippen LogP contribution in [0.1, 0.15) is 45.0 Å². The van der Waals surface area contributed by atoms with E-state index in [0.29, 0.717) is 35.6 Å². The number of anilines is 1. The van der Waals surface area contributed by atoms with Crippen LogP contribution in [0.25, 0.3) is 0 Å². The lowest BCUT2D eigenvalue weighted by Gasteiger charge is -2.25. The number of nitrogens with one attached hydrogen (secondary N) is 1. The number of fused-ring (bicyclic) bond motifs is 1. The summed E-state index contributed by atoms with van der Waals surface area (Å²) in [6.45, 7) is 4.51. The van der Waals surface area contributed by atoms with Crippen LogP contribution in [0, 0.1) is 0 Å². The van der Waals surface area contributed by atoms with Crippen LogP contribution in [0.4, 0.5) is 5.00 Å². The highest BCUT2D eigenvalue weighted by Gasteiger charge is 2.30. The van der Waals surface area contributed by atoms with Gasteiger partial charge in [-0.1, -0.05) is 15.9 Å². The smallest absolute Gasteiger partial charge is 0.341 e. The van der Waals surface area contributed by atoms with Gasteiger partial charge in [0.2, 0.25) is 5.91 Å². The molecule has 0 radical (unpaired) electrons. The van der Waals surface area contributed by atoms with Gasteiger partial charge < -0.3 is 15.0 Å². The van der Waals surface area contributed by atoms with E-state index in [2.05, 4.69) is 21.2 Å². The van der Waals surface area contributed by atoms with E-state index in [1.165, 1.54) is 18.3 Å². The van der Waals surface area contributed by atoms with Gasteiger partial charge in [-0.05, 0) is 43.2 Å². The van der Waals surface area contributed by atoms with E-state index in [1.807, 2.05) is 0 Å². The average molecular weight is 451 g/mol. The van der Waals surface area contributed by atoms with Crippen LogP contribution in [0.2, 0.25) is 0 Å². The molecule has 2 aromatic rings. The lowest BCUT2D eigenvalue weighted by molar-refractivity contribution is -0.129. The lowest BCUT2D eigenvalue weighted by Crippen LogP contribution is -2.34. The van der Waals surface area contributed by atoms with E-state index in [4.69, 9.17) is 4.74 Å². The molecule has 3 rings (SSSR count). The monoisotopic (exact) mass is 450 g/mol. The van der Waals surface area contributed by atoms with E-state index in [-0.39, 0.29) is 18.4 Å². The van der Waals surface area contributed by atoms with E-state index in [0.717, 1.165) is 14.9 Å². The van der Waals surface area contributed by atoms with Gasteiger partial charge in [-0.15, -0.1) is 11.3 Å². The maximum atomic E-state index is 12.6. The van der Waals surface area contributed by atoms with Crippen LogP contribution < -0.4 is 5.32 Å². The number of carbonyl (C=O) groups is 3. The zero-order valence-electron chi connectivity index (χ0n) is 15.0. The van der Waals surface area contributed by atoms with Crippen LogP contribution in [0.5, 0.6) is 0 Å². The molecule has 142 valence electrons. The van der Waals surface area contributed by atoms with Crippen LogP contribution in [0.15, 0.2) is 28.7 Å². The Hall–Kier alpha value is -2.19. The van der Waals surface area contributed by atoms with Crippen molar-refractivity contribution < 1.29 is 19.1 Å². The fourth-order valence-electron chi connectivity index (χ4n) is 2.96. The number of halogens is 1. The van der Waals surface area contributed by atoms with E-state index in [9.17, 15) is 14.4 Å². The number of amides is 2. The van der Waals surface area contributed by atoms with Crippen molar-refractivity contribution in [2.24, 2.45) is 0 Å². The molecule has 1 aliphatic heterocycles. The molecule has 6 nitrogen and oxygen atoms in total. The van der Waals surface area contributed by atoms with Crippen molar-refractivity contribution in [3.8, 4) is 0 Å². The number of nitrogens with zero attached hydrogens (tertiary/aromatic N) is 1. The normalized spacial score (nSPS) is 13.1. The third kappa shape index (κ3) is 4.22. The van der Waals surface area contributed by atoms with Gasteiger partial charge in [0, 0.05) is 28.4 Å². The van der Waals surface area contributed by atoms with Crippen molar-refractivity contribution in [2.45, 2.75) is 26.8 Å². The van der Waals surface area contributed by atoms with Crippen molar-refractivity contribution in [3.05, 3.63) is 50.3 Å². The Labute approximate surface area is 169 Å².